The first-order valence-electron chi connectivity index (χ1n) is 12.2. The van der Waals surface area contributed by atoms with Crippen molar-refractivity contribution < 1.29 is 18.3 Å². The van der Waals surface area contributed by atoms with Crippen LogP contribution in [0, 0.1) is 0 Å². The standard InChI is InChI=1S/C25H27N7O4S/c1-37(35,36)22-21(16-10-17-6-7-18(11-16)31(17)20(34)13-33)30-25-19(12-29-32(25)23(22)26)14-2-4-15(5-3-14)24-27-8-9-28-24/h2-5,8-9,12,16-18,33H,6-7,10-11,13,26H2,1H3,(H,27,28). The van der Waals surface area contributed by atoms with E-state index < -0.39 is 16.4 Å². The number of nitrogen functional groups attached to an aromatic ring is 1. The number of imidazole rings is 1. The molecule has 3 aromatic heterocycles. The van der Waals surface area contributed by atoms with E-state index in [2.05, 4.69) is 15.1 Å². The van der Waals surface area contributed by atoms with Gasteiger partial charge in [0.1, 0.15) is 23.1 Å². The molecule has 11 nitrogen and oxygen atoms in total. The third-order valence-electron chi connectivity index (χ3n) is 7.55. The van der Waals surface area contributed by atoms with E-state index in [1.807, 2.05) is 24.3 Å². The van der Waals surface area contributed by atoms with Gasteiger partial charge in [-0.2, -0.15) is 9.61 Å². The quantitative estimate of drug-likeness (QED) is 0.359. The maximum absolute atomic E-state index is 12.9. The van der Waals surface area contributed by atoms with E-state index in [4.69, 9.17) is 10.7 Å². The van der Waals surface area contributed by atoms with Crippen LogP contribution in [0.4, 0.5) is 5.82 Å². The number of sulfone groups is 1. The van der Waals surface area contributed by atoms with Crippen LogP contribution in [0.25, 0.3) is 28.2 Å². The summed E-state index contributed by atoms with van der Waals surface area (Å²) < 4.78 is 27.2. The minimum atomic E-state index is -3.72. The van der Waals surface area contributed by atoms with Crippen molar-refractivity contribution in [2.45, 2.75) is 48.6 Å². The Kier molecular flexibility index (Phi) is 5.53. The van der Waals surface area contributed by atoms with E-state index in [9.17, 15) is 18.3 Å². The molecule has 12 heteroatoms. The van der Waals surface area contributed by atoms with Crippen molar-refractivity contribution in [2.24, 2.45) is 0 Å². The molecule has 2 unspecified atom stereocenters. The highest BCUT2D eigenvalue weighted by Crippen LogP contribution is 2.45. The zero-order valence-electron chi connectivity index (χ0n) is 20.2. The molecule has 2 bridgehead atoms. The van der Waals surface area contributed by atoms with Crippen LogP contribution in [-0.4, -0.2) is 73.8 Å². The van der Waals surface area contributed by atoms with Crippen molar-refractivity contribution in [2.75, 3.05) is 18.6 Å². The SMILES string of the molecule is CS(=O)(=O)c1c(C2CC3CCC(C2)N3C(=O)CO)nc2c(-c3ccc(-c4ncc[nH]4)cc3)cnn2c1N. The highest BCUT2D eigenvalue weighted by molar-refractivity contribution is 7.91. The molecular formula is C25H27N7O4S. The second kappa shape index (κ2) is 8.67. The van der Waals surface area contributed by atoms with E-state index in [0.29, 0.717) is 24.2 Å². The van der Waals surface area contributed by atoms with Crippen molar-refractivity contribution in [3.8, 4) is 22.5 Å². The lowest BCUT2D eigenvalue weighted by Crippen LogP contribution is -2.47. The molecule has 2 atom stereocenters. The van der Waals surface area contributed by atoms with Crippen molar-refractivity contribution >= 4 is 27.2 Å². The molecule has 6 rings (SSSR count). The summed E-state index contributed by atoms with van der Waals surface area (Å²) in [5, 5.41) is 13.8. The second-order valence-electron chi connectivity index (χ2n) is 9.80. The summed E-state index contributed by atoms with van der Waals surface area (Å²) in [5.74, 6) is 0.311. The number of amides is 1. The monoisotopic (exact) mass is 521 g/mol. The third-order valence-corrected chi connectivity index (χ3v) is 8.70. The van der Waals surface area contributed by atoms with Gasteiger partial charge in [-0.15, -0.1) is 0 Å². The van der Waals surface area contributed by atoms with Gasteiger partial charge in [-0.05, 0) is 31.2 Å². The maximum atomic E-state index is 12.9. The van der Waals surface area contributed by atoms with E-state index in [0.717, 1.165) is 41.6 Å². The molecule has 1 amide bonds. The Balaban J connectivity index is 1.45. The molecule has 4 N–H and O–H groups in total. The summed E-state index contributed by atoms with van der Waals surface area (Å²) in [6.07, 6.45) is 8.99. The first-order chi connectivity index (χ1) is 17.8. The first-order valence-corrected chi connectivity index (χ1v) is 14.0. The fraction of sp³-hybridized carbons (Fsp3) is 0.360. The molecule has 2 fully saturated rings. The van der Waals surface area contributed by atoms with Crippen molar-refractivity contribution in [1.29, 1.82) is 0 Å². The van der Waals surface area contributed by atoms with Crippen molar-refractivity contribution in [3.05, 3.63) is 48.5 Å². The van der Waals surface area contributed by atoms with Gasteiger partial charge in [-0.3, -0.25) is 4.79 Å². The molecular weight excluding hydrogens is 494 g/mol. The molecule has 2 aliphatic rings. The summed E-state index contributed by atoms with van der Waals surface area (Å²) in [6.45, 7) is -0.526. The Bertz CT molecular complexity index is 1580. The van der Waals surface area contributed by atoms with Crippen LogP contribution in [-0.2, 0) is 14.6 Å². The van der Waals surface area contributed by atoms with Crippen molar-refractivity contribution in [1.82, 2.24) is 29.5 Å². The zero-order chi connectivity index (χ0) is 25.9. The number of H-pyrrole nitrogens is 1. The molecule has 0 radical (unpaired) electrons. The Labute approximate surface area is 213 Å². The molecule has 0 aliphatic carbocycles. The molecule has 1 aromatic carbocycles. The smallest absolute Gasteiger partial charge is 0.248 e. The van der Waals surface area contributed by atoms with Gasteiger partial charge >= 0.3 is 0 Å². The number of rotatable bonds is 5. The molecule has 4 aromatic rings. The number of hydrogen-bond donors (Lipinski definition) is 3. The number of nitrogens with two attached hydrogens (primary N) is 1. The fourth-order valence-electron chi connectivity index (χ4n) is 6.00. The Hall–Kier alpha value is -3.77. The molecule has 37 heavy (non-hydrogen) atoms. The summed E-state index contributed by atoms with van der Waals surface area (Å²) in [6, 6.07) is 7.64. The Morgan fingerprint density at radius 2 is 1.84 bits per heavy atom. The van der Waals surface area contributed by atoms with Crippen LogP contribution < -0.4 is 5.73 Å². The van der Waals surface area contributed by atoms with Gasteiger partial charge in [0.05, 0.1) is 11.9 Å². The van der Waals surface area contributed by atoms with Gasteiger partial charge in [0, 0.05) is 47.8 Å². The number of fused-ring (bicyclic) bond motifs is 3. The lowest BCUT2D eigenvalue weighted by molar-refractivity contribution is -0.138. The predicted molar refractivity (Wildman–Crippen MR) is 136 cm³/mol. The molecule has 192 valence electrons. The number of nitrogens with one attached hydrogen (secondary N) is 1. The van der Waals surface area contributed by atoms with Gasteiger partial charge in [0.2, 0.25) is 5.91 Å². The van der Waals surface area contributed by atoms with Gasteiger partial charge in [-0.25, -0.2) is 18.4 Å². The number of hydrogen-bond acceptors (Lipinski definition) is 8. The van der Waals surface area contributed by atoms with Gasteiger partial charge in [0.15, 0.2) is 15.5 Å². The van der Waals surface area contributed by atoms with E-state index in [-0.39, 0.29) is 34.6 Å². The minimum Gasteiger partial charge on any atom is -0.387 e. The van der Waals surface area contributed by atoms with Crippen LogP contribution in [0.5, 0.6) is 0 Å². The number of aromatic amines is 1. The van der Waals surface area contributed by atoms with Gasteiger partial charge in [-0.1, -0.05) is 24.3 Å². The van der Waals surface area contributed by atoms with E-state index in [1.165, 1.54) is 4.52 Å². The van der Waals surface area contributed by atoms with Crippen molar-refractivity contribution in [3.63, 3.8) is 0 Å². The average Bonchev–Trinajstić information content (AvgIpc) is 3.61. The number of piperidine rings is 1. The maximum Gasteiger partial charge on any atom is 0.248 e. The number of aliphatic hydroxyl groups excluding tert-OH is 1. The number of aromatic nitrogens is 5. The molecule has 0 spiro atoms. The number of benzene rings is 1. The Morgan fingerprint density at radius 3 is 2.43 bits per heavy atom. The highest BCUT2D eigenvalue weighted by atomic mass is 32.2. The number of carbonyl (C=O) groups is 1. The van der Waals surface area contributed by atoms with Gasteiger partial charge < -0.3 is 20.7 Å². The van der Waals surface area contributed by atoms with Crippen LogP contribution in [0.3, 0.4) is 0 Å². The topological polar surface area (TPSA) is 160 Å². The van der Waals surface area contributed by atoms with Gasteiger partial charge in [0.25, 0.3) is 0 Å². The Morgan fingerprint density at radius 1 is 1.16 bits per heavy atom. The summed E-state index contributed by atoms with van der Waals surface area (Å²) >= 11 is 0. The summed E-state index contributed by atoms with van der Waals surface area (Å²) in [7, 11) is -3.72. The zero-order valence-corrected chi connectivity index (χ0v) is 21.0. The molecule has 0 saturated carbocycles. The number of anilines is 1. The largest absolute Gasteiger partial charge is 0.387 e. The van der Waals surface area contributed by atoms with Crippen LogP contribution in [0.2, 0.25) is 0 Å². The number of nitrogens with zero attached hydrogens (tertiary/aromatic N) is 5. The molecule has 2 saturated heterocycles. The van der Waals surface area contributed by atoms with Crippen LogP contribution >= 0.6 is 0 Å². The van der Waals surface area contributed by atoms with E-state index >= 15 is 0 Å². The average molecular weight is 522 g/mol. The minimum absolute atomic E-state index is 0.00541. The fourth-order valence-corrected chi connectivity index (χ4v) is 7.06. The number of aliphatic hydroxyl groups is 1. The highest BCUT2D eigenvalue weighted by Gasteiger charge is 2.45. The van der Waals surface area contributed by atoms with E-state index in [1.54, 1.807) is 23.5 Å². The molecule has 2 aliphatic heterocycles. The van der Waals surface area contributed by atoms with Crippen LogP contribution in [0.15, 0.2) is 47.8 Å². The first kappa shape index (κ1) is 23.6. The molecule has 5 heterocycles. The predicted octanol–water partition coefficient (Wildman–Crippen LogP) is 2.00. The lowest BCUT2D eigenvalue weighted by atomic mass is 9.87. The normalized spacial score (nSPS) is 21.6. The third kappa shape index (κ3) is 3.87. The summed E-state index contributed by atoms with van der Waals surface area (Å²) in [5.41, 5.74) is 9.87. The number of carbonyl (C=O) groups excluding carboxylic acids is 1. The van der Waals surface area contributed by atoms with Crippen LogP contribution in [0.1, 0.15) is 37.3 Å². The lowest BCUT2D eigenvalue weighted by Gasteiger charge is -2.39. The summed E-state index contributed by atoms with van der Waals surface area (Å²) in [4.78, 5) is 26.3. The second-order valence-corrected chi connectivity index (χ2v) is 11.8.